The SMILES string of the molecule is Cc1ccccc1C(=O)Oc1ccc(Br)cc1/C=N\NC(=O)c1ccccc1F. The van der Waals surface area contributed by atoms with Crippen molar-refractivity contribution in [1.29, 1.82) is 0 Å². The molecule has 1 N–H and O–H groups in total. The van der Waals surface area contributed by atoms with Crippen LogP contribution in [0.5, 0.6) is 5.75 Å². The van der Waals surface area contributed by atoms with Crippen molar-refractivity contribution in [2.75, 3.05) is 0 Å². The normalized spacial score (nSPS) is 10.7. The molecular weight excluding hydrogens is 439 g/mol. The zero-order valence-corrected chi connectivity index (χ0v) is 16.9. The van der Waals surface area contributed by atoms with Gasteiger partial charge in [-0.3, -0.25) is 4.79 Å². The smallest absolute Gasteiger partial charge is 0.343 e. The maximum atomic E-state index is 13.7. The molecular formula is C22H16BrFN2O3. The second-order valence-corrected chi connectivity index (χ2v) is 6.98. The Morgan fingerprint density at radius 3 is 2.45 bits per heavy atom. The molecule has 1 amide bonds. The minimum absolute atomic E-state index is 0.120. The fraction of sp³-hybridized carbons (Fsp3) is 0.0455. The van der Waals surface area contributed by atoms with Crippen LogP contribution in [0, 0.1) is 12.7 Å². The van der Waals surface area contributed by atoms with Crippen molar-refractivity contribution in [2.45, 2.75) is 6.92 Å². The average Bonchev–Trinajstić information content (AvgIpc) is 2.70. The molecule has 0 aliphatic heterocycles. The van der Waals surface area contributed by atoms with Crippen LogP contribution in [0.4, 0.5) is 4.39 Å². The molecule has 29 heavy (non-hydrogen) atoms. The summed E-state index contributed by atoms with van der Waals surface area (Å²) in [6, 6.07) is 17.7. The van der Waals surface area contributed by atoms with Gasteiger partial charge in [-0.05, 0) is 48.9 Å². The van der Waals surface area contributed by atoms with Crippen LogP contribution >= 0.6 is 15.9 Å². The number of hydrogen-bond acceptors (Lipinski definition) is 4. The first-order valence-electron chi connectivity index (χ1n) is 8.61. The molecule has 0 fully saturated rings. The van der Waals surface area contributed by atoms with E-state index in [1.807, 2.05) is 19.1 Å². The van der Waals surface area contributed by atoms with Crippen molar-refractivity contribution < 1.29 is 18.7 Å². The van der Waals surface area contributed by atoms with Gasteiger partial charge >= 0.3 is 5.97 Å². The van der Waals surface area contributed by atoms with Gasteiger partial charge in [0.2, 0.25) is 0 Å². The number of aryl methyl sites for hydroxylation is 1. The van der Waals surface area contributed by atoms with Crippen molar-refractivity contribution in [2.24, 2.45) is 5.10 Å². The van der Waals surface area contributed by atoms with E-state index in [-0.39, 0.29) is 11.3 Å². The number of esters is 1. The summed E-state index contributed by atoms with van der Waals surface area (Å²) >= 11 is 3.35. The molecule has 146 valence electrons. The first-order chi connectivity index (χ1) is 14.0. The van der Waals surface area contributed by atoms with Gasteiger partial charge in [-0.1, -0.05) is 46.3 Å². The quantitative estimate of drug-likeness (QED) is 0.258. The Labute approximate surface area is 175 Å². The molecule has 0 atom stereocenters. The van der Waals surface area contributed by atoms with Gasteiger partial charge in [-0.25, -0.2) is 14.6 Å². The second-order valence-electron chi connectivity index (χ2n) is 6.07. The first kappa shape index (κ1) is 20.4. The molecule has 7 heteroatoms. The summed E-state index contributed by atoms with van der Waals surface area (Å²) in [7, 11) is 0. The zero-order valence-electron chi connectivity index (χ0n) is 15.4. The number of amides is 1. The molecule has 0 bridgehead atoms. The molecule has 0 saturated heterocycles. The van der Waals surface area contributed by atoms with Crippen LogP contribution < -0.4 is 10.2 Å². The Bertz CT molecular complexity index is 1100. The van der Waals surface area contributed by atoms with Gasteiger partial charge in [0.25, 0.3) is 5.91 Å². The van der Waals surface area contributed by atoms with E-state index in [1.165, 1.54) is 24.4 Å². The van der Waals surface area contributed by atoms with E-state index in [9.17, 15) is 14.0 Å². The van der Waals surface area contributed by atoms with Gasteiger partial charge in [0.05, 0.1) is 17.3 Å². The van der Waals surface area contributed by atoms with Crippen molar-refractivity contribution in [1.82, 2.24) is 5.43 Å². The van der Waals surface area contributed by atoms with Crippen molar-refractivity contribution in [3.63, 3.8) is 0 Å². The van der Waals surface area contributed by atoms with Gasteiger partial charge in [-0.2, -0.15) is 5.10 Å². The Morgan fingerprint density at radius 2 is 1.72 bits per heavy atom. The summed E-state index contributed by atoms with van der Waals surface area (Å²) in [5.41, 5.74) is 3.84. The van der Waals surface area contributed by atoms with E-state index >= 15 is 0 Å². The van der Waals surface area contributed by atoms with Crippen LogP contribution in [0.2, 0.25) is 0 Å². The van der Waals surface area contributed by atoms with E-state index in [1.54, 1.807) is 36.4 Å². The highest BCUT2D eigenvalue weighted by atomic mass is 79.9. The molecule has 3 rings (SSSR count). The number of carbonyl (C=O) groups excluding carboxylic acids is 2. The summed E-state index contributed by atoms with van der Waals surface area (Å²) in [5, 5.41) is 3.86. The number of rotatable bonds is 5. The molecule has 0 spiro atoms. The van der Waals surface area contributed by atoms with Crippen LogP contribution in [-0.4, -0.2) is 18.1 Å². The van der Waals surface area contributed by atoms with Crippen molar-refractivity contribution in [3.05, 3.63) is 99.3 Å². The van der Waals surface area contributed by atoms with Gasteiger partial charge in [0, 0.05) is 10.0 Å². The maximum Gasteiger partial charge on any atom is 0.343 e. The van der Waals surface area contributed by atoms with Crippen molar-refractivity contribution in [3.8, 4) is 5.75 Å². The molecule has 0 aliphatic rings. The van der Waals surface area contributed by atoms with Gasteiger partial charge < -0.3 is 4.74 Å². The van der Waals surface area contributed by atoms with E-state index in [2.05, 4.69) is 26.5 Å². The molecule has 3 aromatic rings. The summed E-state index contributed by atoms with van der Waals surface area (Å²) in [4.78, 5) is 24.5. The van der Waals surface area contributed by atoms with Crippen LogP contribution in [0.15, 0.2) is 76.3 Å². The molecule has 0 radical (unpaired) electrons. The summed E-state index contributed by atoms with van der Waals surface area (Å²) < 4.78 is 19.9. The monoisotopic (exact) mass is 454 g/mol. The lowest BCUT2D eigenvalue weighted by molar-refractivity contribution is 0.0733. The highest BCUT2D eigenvalue weighted by Gasteiger charge is 2.14. The lowest BCUT2D eigenvalue weighted by atomic mass is 10.1. The average molecular weight is 455 g/mol. The summed E-state index contributed by atoms with van der Waals surface area (Å²) in [6.07, 6.45) is 1.32. The van der Waals surface area contributed by atoms with Crippen LogP contribution in [0.3, 0.4) is 0 Å². The van der Waals surface area contributed by atoms with Crippen LogP contribution in [0.25, 0.3) is 0 Å². The third-order valence-corrected chi connectivity index (χ3v) is 4.52. The van der Waals surface area contributed by atoms with Crippen molar-refractivity contribution >= 4 is 34.0 Å². The number of hydrazone groups is 1. The fourth-order valence-electron chi connectivity index (χ4n) is 2.54. The minimum Gasteiger partial charge on any atom is -0.422 e. The Kier molecular flexibility index (Phi) is 6.51. The van der Waals surface area contributed by atoms with E-state index in [4.69, 9.17) is 4.74 Å². The summed E-state index contributed by atoms with van der Waals surface area (Å²) in [5.74, 6) is -1.57. The van der Waals surface area contributed by atoms with Crippen LogP contribution in [-0.2, 0) is 0 Å². The first-order valence-corrected chi connectivity index (χ1v) is 9.40. The Hall–Kier alpha value is -3.32. The lowest BCUT2D eigenvalue weighted by Crippen LogP contribution is -2.19. The summed E-state index contributed by atoms with van der Waals surface area (Å²) in [6.45, 7) is 1.82. The number of nitrogens with zero attached hydrogens (tertiary/aromatic N) is 1. The molecule has 0 aromatic heterocycles. The predicted octanol–water partition coefficient (Wildman–Crippen LogP) is 4.88. The predicted molar refractivity (Wildman–Crippen MR) is 112 cm³/mol. The molecule has 0 heterocycles. The van der Waals surface area contributed by atoms with Gasteiger partial charge in [0.1, 0.15) is 11.6 Å². The molecule has 0 unspecified atom stereocenters. The molecule has 0 aliphatic carbocycles. The molecule has 3 aromatic carbocycles. The Morgan fingerprint density at radius 1 is 1.03 bits per heavy atom. The molecule has 5 nitrogen and oxygen atoms in total. The third-order valence-electron chi connectivity index (χ3n) is 4.03. The number of hydrogen-bond donors (Lipinski definition) is 1. The third kappa shape index (κ3) is 5.14. The highest BCUT2D eigenvalue weighted by Crippen LogP contribution is 2.23. The number of halogens is 2. The standard InChI is InChI=1S/C22H16BrFN2O3/c1-14-6-2-3-7-17(14)22(28)29-20-11-10-16(23)12-15(20)13-25-26-21(27)18-8-4-5-9-19(18)24/h2-13H,1H3,(H,26,27)/b25-13-. The topological polar surface area (TPSA) is 67.8 Å². The number of nitrogens with one attached hydrogen (secondary N) is 1. The minimum atomic E-state index is -0.687. The van der Waals surface area contributed by atoms with E-state index in [0.29, 0.717) is 11.1 Å². The number of benzene rings is 3. The second kappa shape index (κ2) is 9.25. The molecule has 0 saturated carbocycles. The fourth-order valence-corrected chi connectivity index (χ4v) is 2.91. The number of carbonyl (C=O) groups is 2. The lowest BCUT2D eigenvalue weighted by Gasteiger charge is -2.09. The Balaban J connectivity index is 1.77. The van der Waals surface area contributed by atoms with Gasteiger partial charge in [0.15, 0.2) is 0 Å². The van der Waals surface area contributed by atoms with Crippen LogP contribution in [0.1, 0.15) is 31.8 Å². The number of ether oxygens (including phenoxy) is 1. The van der Waals surface area contributed by atoms with E-state index < -0.39 is 17.7 Å². The zero-order chi connectivity index (χ0) is 20.8. The largest absolute Gasteiger partial charge is 0.422 e. The maximum absolute atomic E-state index is 13.7. The van der Waals surface area contributed by atoms with E-state index in [0.717, 1.165) is 10.0 Å². The highest BCUT2D eigenvalue weighted by molar-refractivity contribution is 9.10. The van der Waals surface area contributed by atoms with Gasteiger partial charge in [-0.15, -0.1) is 0 Å².